The van der Waals surface area contributed by atoms with Gasteiger partial charge in [-0.1, -0.05) is 31.3 Å². The molecule has 0 radical (unpaired) electrons. The fourth-order valence-electron chi connectivity index (χ4n) is 4.65. The fourth-order valence-corrected chi connectivity index (χ4v) is 5.57. The molecule has 0 aliphatic heterocycles. The smallest absolute Gasteiger partial charge is 0.258 e. The molecule has 6 rings (SSSR count). The maximum absolute atomic E-state index is 13.5. The van der Waals surface area contributed by atoms with Crippen molar-refractivity contribution < 1.29 is 9.59 Å². The topological polar surface area (TPSA) is 103 Å². The van der Waals surface area contributed by atoms with Crippen molar-refractivity contribution >= 4 is 39.2 Å². The first-order valence-corrected chi connectivity index (χ1v) is 12.3. The number of ketones is 1. The number of carbonyl (C=O) groups excluding carboxylic acids is 2. The van der Waals surface area contributed by atoms with Crippen LogP contribution in [0, 0.1) is 12.3 Å². The van der Waals surface area contributed by atoms with Crippen LogP contribution in [0.4, 0.5) is 5.13 Å². The van der Waals surface area contributed by atoms with Gasteiger partial charge in [-0.25, -0.2) is 15.0 Å². The van der Waals surface area contributed by atoms with Crippen molar-refractivity contribution in [2.45, 2.75) is 52.4 Å². The van der Waals surface area contributed by atoms with Crippen LogP contribution in [0.3, 0.4) is 0 Å². The van der Waals surface area contributed by atoms with E-state index in [0.29, 0.717) is 50.5 Å². The summed E-state index contributed by atoms with van der Waals surface area (Å²) in [6.45, 7) is 6.01. The zero-order valence-electron chi connectivity index (χ0n) is 19.3. The average molecular weight is 473 g/mol. The number of nitrogens with zero attached hydrogens (tertiary/aromatic N) is 5. The quantitative estimate of drug-likeness (QED) is 0.455. The third kappa shape index (κ3) is 3.60. The van der Waals surface area contributed by atoms with Gasteiger partial charge in [-0.05, 0) is 49.8 Å². The number of thiazole rings is 1. The van der Waals surface area contributed by atoms with Crippen LogP contribution in [0.1, 0.15) is 76.1 Å². The van der Waals surface area contributed by atoms with E-state index in [4.69, 9.17) is 4.98 Å². The monoisotopic (exact) mass is 472 g/mol. The number of rotatable bonds is 4. The largest absolute Gasteiger partial charge is 0.298 e. The zero-order chi connectivity index (χ0) is 23.6. The Kier molecular flexibility index (Phi) is 4.67. The Hall–Kier alpha value is -3.46. The lowest BCUT2D eigenvalue weighted by Gasteiger charge is -2.26. The molecule has 0 unspecified atom stereocenters. The van der Waals surface area contributed by atoms with E-state index in [9.17, 15) is 9.59 Å². The highest BCUT2D eigenvalue weighted by Gasteiger charge is 2.34. The average Bonchev–Trinajstić information content (AvgIpc) is 3.49. The Morgan fingerprint density at radius 1 is 1.21 bits per heavy atom. The number of fused-ring (bicyclic) bond motifs is 2. The molecule has 0 spiro atoms. The molecule has 1 amide bonds. The molecule has 0 atom stereocenters. The second-order valence-electron chi connectivity index (χ2n) is 9.94. The first-order valence-electron chi connectivity index (χ1n) is 11.4. The molecule has 8 nitrogen and oxygen atoms in total. The molecular weight excluding hydrogens is 448 g/mol. The lowest BCUT2D eigenvalue weighted by Crippen LogP contribution is -2.26. The summed E-state index contributed by atoms with van der Waals surface area (Å²) in [5.74, 6) is 0.839. The van der Waals surface area contributed by atoms with Gasteiger partial charge < -0.3 is 0 Å². The molecule has 1 N–H and O–H groups in total. The number of nitrogens with one attached hydrogen (secondary N) is 1. The molecule has 4 heterocycles. The summed E-state index contributed by atoms with van der Waals surface area (Å²) in [5, 5.41) is 8.77. The number of hydrogen-bond donors (Lipinski definition) is 1. The third-order valence-electron chi connectivity index (χ3n) is 6.40. The van der Waals surface area contributed by atoms with Gasteiger partial charge in [0.2, 0.25) is 0 Å². The molecule has 1 saturated carbocycles. The summed E-state index contributed by atoms with van der Waals surface area (Å²) in [6, 6.07) is 7.50. The summed E-state index contributed by atoms with van der Waals surface area (Å²) in [6.07, 6.45) is 5.06. The summed E-state index contributed by atoms with van der Waals surface area (Å²) >= 11 is 1.26. The first-order chi connectivity index (χ1) is 16.3. The first kappa shape index (κ1) is 21.1. The van der Waals surface area contributed by atoms with Crippen molar-refractivity contribution in [3.63, 3.8) is 0 Å². The minimum atomic E-state index is -0.268. The van der Waals surface area contributed by atoms with Crippen LogP contribution >= 0.6 is 11.3 Å². The Labute approximate surface area is 200 Å². The van der Waals surface area contributed by atoms with Crippen molar-refractivity contribution in [1.29, 1.82) is 0 Å². The third-order valence-corrected chi connectivity index (χ3v) is 7.45. The van der Waals surface area contributed by atoms with E-state index >= 15 is 0 Å². The van der Waals surface area contributed by atoms with E-state index in [0.717, 1.165) is 30.7 Å². The summed E-state index contributed by atoms with van der Waals surface area (Å²) < 4.78 is 1.70. The summed E-state index contributed by atoms with van der Waals surface area (Å²) in [7, 11) is 0. The molecule has 0 saturated heterocycles. The van der Waals surface area contributed by atoms with Gasteiger partial charge in [0.25, 0.3) is 5.91 Å². The molecule has 0 aromatic carbocycles. The highest BCUT2D eigenvalue weighted by Crippen LogP contribution is 2.41. The number of anilines is 1. The molecule has 2 aliphatic carbocycles. The molecule has 2 aliphatic rings. The van der Waals surface area contributed by atoms with Gasteiger partial charge in [-0.3, -0.25) is 14.9 Å². The van der Waals surface area contributed by atoms with Crippen molar-refractivity contribution in [1.82, 2.24) is 24.7 Å². The number of Topliss-reactive ketones (excluding diaryl/α,β-unsaturated/α-hetero) is 1. The highest BCUT2D eigenvalue weighted by molar-refractivity contribution is 7.17. The Balaban J connectivity index is 1.42. The van der Waals surface area contributed by atoms with Gasteiger partial charge in [0.05, 0.1) is 27.2 Å². The van der Waals surface area contributed by atoms with Crippen molar-refractivity contribution in [3.05, 3.63) is 58.0 Å². The van der Waals surface area contributed by atoms with Crippen molar-refractivity contribution in [2.24, 2.45) is 5.41 Å². The van der Waals surface area contributed by atoms with Gasteiger partial charge >= 0.3 is 0 Å². The summed E-state index contributed by atoms with van der Waals surface area (Å²) in [4.78, 5) is 40.7. The molecule has 9 heteroatoms. The molecular formula is C25H24N6O2S. The van der Waals surface area contributed by atoms with Crippen LogP contribution in [-0.4, -0.2) is 36.4 Å². The highest BCUT2D eigenvalue weighted by atomic mass is 32.1. The number of hydrogen-bond acceptors (Lipinski definition) is 7. The summed E-state index contributed by atoms with van der Waals surface area (Å²) in [5.41, 5.74) is 3.40. The van der Waals surface area contributed by atoms with E-state index in [2.05, 4.69) is 34.2 Å². The van der Waals surface area contributed by atoms with Crippen molar-refractivity contribution in [3.8, 4) is 5.82 Å². The molecule has 34 heavy (non-hydrogen) atoms. The molecule has 0 bridgehead atoms. The maximum Gasteiger partial charge on any atom is 0.258 e. The van der Waals surface area contributed by atoms with Crippen LogP contribution in [0.15, 0.2) is 30.5 Å². The predicted molar refractivity (Wildman–Crippen MR) is 130 cm³/mol. The predicted octanol–water partition coefficient (Wildman–Crippen LogP) is 4.87. The fraction of sp³-hybridized carbons (Fsp3) is 0.360. The second-order valence-corrected chi connectivity index (χ2v) is 10.9. The Morgan fingerprint density at radius 3 is 2.76 bits per heavy atom. The van der Waals surface area contributed by atoms with Crippen molar-refractivity contribution in [2.75, 3.05) is 5.32 Å². The van der Waals surface area contributed by atoms with Gasteiger partial charge in [0, 0.05) is 24.2 Å². The number of carbonyl (C=O) groups is 2. The SMILES string of the molecule is Cc1nn(-c2ccccn2)c2nc(C3CC3)cc(C(=O)Nc3nc4c(s3)C(=O)CC(C)(C)C4)c12. The van der Waals surface area contributed by atoms with Crippen LogP contribution in [0.25, 0.3) is 16.9 Å². The van der Waals surface area contributed by atoms with E-state index in [-0.39, 0.29) is 17.1 Å². The van der Waals surface area contributed by atoms with Crippen LogP contribution in [0.5, 0.6) is 0 Å². The van der Waals surface area contributed by atoms with E-state index < -0.39 is 0 Å². The van der Waals surface area contributed by atoms with Crippen LogP contribution in [-0.2, 0) is 6.42 Å². The van der Waals surface area contributed by atoms with Crippen LogP contribution < -0.4 is 5.32 Å². The minimum Gasteiger partial charge on any atom is -0.298 e. The second kappa shape index (κ2) is 7.53. The van der Waals surface area contributed by atoms with Gasteiger partial charge in [0.1, 0.15) is 0 Å². The van der Waals surface area contributed by atoms with Crippen LogP contribution in [0.2, 0.25) is 0 Å². The number of pyridine rings is 2. The van der Waals surface area contributed by atoms with E-state index in [1.807, 2.05) is 31.2 Å². The number of aryl methyl sites for hydroxylation is 1. The van der Waals surface area contributed by atoms with E-state index in [1.165, 1.54) is 11.3 Å². The molecule has 4 aromatic heterocycles. The Bertz CT molecular complexity index is 1470. The van der Waals surface area contributed by atoms with Gasteiger partial charge in [-0.2, -0.15) is 9.78 Å². The van der Waals surface area contributed by atoms with E-state index in [1.54, 1.807) is 10.9 Å². The maximum atomic E-state index is 13.5. The zero-order valence-corrected chi connectivity index (χ0v) is 20.1. The molecule has 4 aromatic rings. The standard InChI is InChI=1S/C25H24N6O2S/c1-13-20-15(23(33)29-24-28-17-11-25(2,3)12-18(32)21(17)34-24)10-16(14-7-8-14)27-22(20)31(30-13)19-6-4-5-9-26-19/h4-6,9-10,14H,7-8,11-12H2,1-3H3,(H,28,29,33). The molecule has 172 valence electrons. The lowest BCUT2D eigenvalue weighted by molar-refractivity contribution is 0.0915. The lowest BCUT2D eigenvalue weighted by atomic mass is 9.78. The number of amides is 1. The van der Waals surface area contributed by atoms with Gasteiger partial charge in [0.15, 0.2) is 22.4 Å². The molecule has 1 fully saturated rings. The normalized spacial score (nSPS) is 17.1. The number of aromatic nitrogens is 5. The van der Waals surface area contributed by atoms with Gasteiger partial charge in [-0.15, -0.1) is 0 Å². The minimum absolute atomic E-state index is 0.0963. The Morgan fingerprint density at radius 2 is 2.03 bits per heavy atom.